The minimum absolute atomic E-state index is 0.647. The predicted molar refractivity (Wildman–Crippen MR) is 47.0 cm³/mol. The number of halogens is 3. The first-order chi connectivity index (χ1) is 6.00. The van der Waals surface area contributed by atoms with E-state index in [1.807, 2.05) is 0 Å². The van der Waals surface area contributed by atoms with Gasteiger partial charge in [-0.1, -0.05) is 0 Å². The van der Waals surface area contributed by atoms with Crippen LogP contribution in [0.2, 0.25) is 0 Å². The van der Waals surface area contributed by atoms with E-state index in [0.29, 0.717) is 4.46 Å². The summed E-state index contributed by atoms with van der Waals surface area (Å²) in [7, 11) is 0. The van der Waals surface area contributed by atoms with Gasteiger partial charge in [-0.25, -0.2) is 0 Å². The molecule has 0 N–H and O–H groups in total. The number of alkyl halides is 3. The third kappa shape index (κ3) is 3.25. The van der Waals surface area contributed by atoms with Crippen LogP contribution in [-0.2, 0) is 0 Å². The molecule has 1 aromatic carbocycles. The van der Waals surface area contributed by atoms with Gasteiger partial charge in [0.15, 0.2) is 0 Å². The number of hydrogen-bond donors (Lipinski definition) is 0. The zero-order valence-electron chi connectivity index (χ0n) is 6.64. The molecule has 0 fully saturated rings. The van der Waals surface area contributed by atoms with E-state index >= 15 is 0 Å². The molecule has 0 saturated carbocycles. The Labute approximate surface area is 80.6 Å². The molecule has 13 heavy (non-hydrogen) atoms. The van der Waals surface area contributed by atoms with Gasteiger partial charge < -0.3 is 0 Å². The Bertz CT molecular complexity index is 289. The van der Waals surface area contributed by atoms with Crippen molar-refractivity contribution >= 4 is 19.4 Å². The Morgan fingerprint density at radius 2 is 1.69 bits per heavy atom. The van der Waals surface area contributed by atoms with Crippen LogP contribution in [0.25, 0.3) is 0 Å². The molecule has 0 nitrogen and oxygen atoms in total. The zero-order chi connectivity index (χ0) is 9.90. The minimum atomic E-state index is -4.25. The molecule has 0 aliphatic rings. The van der Waals surface area contributed by atoms with Crippen molar-refractivity contribution < 1.29 is 13.2 Å². The summed E-state index contributed by atoms with van der Waals surface area (Å²) in [6.45, 7) is 3.02. The van der Waals surface area contributed by atoms with Crippen LogP contribution in [0.4, 0.5) is 13.2 Å². The molecule has 0 unspecified atom stereocenters. The standard InChI is InChI=1S/C9H7F3Se/c1-7(9(10,11)12)13-8-5-3-2-4-6-8/h2-6H,1H2. The first-order valence-electron chi connectivity index (χ1n) is 3.49. The monoisotopic (exact) mass is 252 g/mol. The van der Waals surface area contributed by atoms with E-state index in [2.05, 4.69) is 6.58 Å². The van der Waals surface area contributed by atoms with Crippen molar-refractivity contribution in [3.8, 4) is 0 Å². The number of benzene rings is 1. The predicted octanol–water partition coefficient (Wildman–Crippen LogP) is 2.09. The summed E-state index contributed by atoms with van der Waals surface area (Å²) in [5.74, 6) is 0. The van der Waals surface area contributed by atoms with Crippen LogP contribution in [0, 0.1) is 0 Å². The van der Waals surface area contributed by atoms with E-state index in [1.54, 1.807) is 30.3 Å². The van der Waals surface area contributed by atoms with Gasteiger partial charge in [-0.15, -0.1) is 0 Å². The Kier molecular flexibility index (Phi) is 3.17. The molecule has 0 aliphatic heterocycles. The SMILES string of the molecule is C=C([Se]c1ccccc1)C(F)(F)F. The maximum atomic E-state index is 12.1. The normalized spacial score (nSPS) is 11.3. The summed E-state index contributed by atoms with van der Waals surface area (Å²) in [6, 6.07) is 8.57. The first-order valence-corrected chi connectivity index (χ1v) is 5.20. The van der Waals surface area contributed by atoms with Gasteiger partial charge in [-0.2, -0.15) is 0 Å². The fourth-order valence-corrected chi connectivity index (χ4v) is 2.14. The van der Waals surface area contributed by atoms with Crippen molar-refractivity contribution in [2.45, 2.75) is 6.18 Å². The van der Waals surface area contributed by atoms with Gasteiger partial charge >= 0.3 is 80.1 Å². The summed E-state index contributed by atoms with van der Waals surface area (Å²) >= 11 is -0.709. The van der Waals surface area contributed by atoms with E-state index in [0.717, 1.165) is 0 Å². The van der Waals surface area contributed by atoms with Crippen molar-refractivity contribution in [3.05, 3.63) is 41.4 Å². The number of rotatable bonds is 2. The van der Waals surface area contributed by atoms with Crippen molar-refractivity contribution in [1.82, 2.24) is 0 Å². The van der Waals surface area contributed by atoms with E-state index in [1.165, 1.54) is 0 Å². The number of allylic oxidation sites excluding steroid dienone is 1. The summed E-state index contributed by atoms with van der Waals surface area (Å²) in [4.78, 5) is 0. The van der Waals surface area contributed by atoms with Crippen LogP contribution in [0.15, 0.2) is 41.4 Å². The molecule has 0 atom stereocenters. The van der Waals surface area contributed by atoms with Crippen molar-refractivity contribution in [3.63, 3.8) is 0 Å². The average molecular weight is 251 g/mol. The zero-order valence-corrected chi connectivity index (χ0v) is 8.35. The average Bonchev–Trinajstić information content (AvgIpc) is 2.04. The second-order valence-corrected chi connectivity index (χ2v) is 4.79. The Balaban J connectivity index is 2.66. The van der Waals surface area contributed by atoms with E-state index in [4.69, 9.17) is 0 Å². The summed E-state index contributed by atoms with van der Waals surface area (Å²) in [5.41, 5.74) is 0. The van der Waals surface area contributed by atoms with Gasteiger partial charge in [0.05, 0.1) is 0 Å². The van der Waals surface area contributed by atoms with Crippen molar-refractivity contribution in [2.24, 2.45) is 0 Å². The van der Waals surface area contributed by atoms with Gasteiger partial charge in [-0.3, -0.25) is 0 Å². The van der Waals surface area contributed by atoms with Gasteiger partial charge in [-0.05, 0) is 0 Å². The molecule has 0 aromatic heterocycles. The van der Waals surface area contributed by atoms with Gasteiger partial charge in [0.25, 0.3) is 0 Å². The molecule has 0 saturated heterocycles. The van der Waals surface area contributed by atoms with Crippen LogP contribution in [0.3, 0.4) is 0 Å². The summed E-state index contributed by atoms with van der Waals surface area (Å²) < 4.78 is 36.2. The van der Waals surface area contributed by atoms with Crippen molar-refractivity contribution in [2.75, 3.05) is 0 Å². The quantitative estimate of drug-likeness (QED) is 0.706. The van der Waals surface area contributed by atoms with Crippen LogP contribution < -0.4 is 4.46 Å². The molecule has 0 radical (unpaired) electrons. The van der Waals surface area contributed by atoms with Crippen LogP contribution in [0.5, 0.6) is 0 Å². The third-order valence-electron chi connectivity index (χ3n) is 1.30. The van der Waals surface area contributed by atoms with Crippen molar-refractivity contribution in [1.29, 1.82) is 0 Å². The molecule has 0 heterocycles. The summed E-state index contributed by atoms with van der Waals surface area (Å²) in [5, 5.41) is 0. The fraction of sp³-hybridized carbons (Fsp3) is 0.111. The second-order valence-electron chi connectivity index (χ2n) is 2.34. The number of hydrogen-bond acceptors (Lipinski definition) is 0. The third-order valence-corrected chi connectivity index (χ3v) is 3.37. The molecule has 1 aromatic rings. The van der Waals surface area contributed by atoms with Gasteiger partial charge in [0, 0.05) is 0 Å². The molecule has 70 valence electrons. The van der Waals surface area contributed by atoms with Crippen LogP contribution in [-0.4, -0.2) is 21.1 Å². The topological polar surface area (TPSA) is 0 Å². The molecular formula is C9H7F3Se. The Morgan fingerprint density at radius 3 is 2.15 bits per heavy atom. The molecule has 1 rings (SSSR count). The Morgan fingerprint density at radius 1 is 1.15 bits per heavy atom. The molecule has 0 spiro atoms. The molecule has 0 aliphatic carbocycles. The van der Waals surface area contributed by atoms with Crippen LogP contribution in [0.1, 0.15) is 0 Å². The van der Waals surface area contributed by atoms with Gasteiger partial charge in [0.1, 0.15) is 0 Å². The molecule has 4 heteroatoms. The fourth-order valence-electron chi connectivity index (χ4n) is 0.689. The Hall–Kier alpha value is -0.731. The second kappa shape index (κ2) is 3.99. The van der Waals surface area contributed by atoms with E-state index in [-0.39, 0.29) is 0 Å². The maximum absolute atomic E-state index is 12.1. The van der Waals surface area contributed by atoms with E-state index in [9.17, 15) is 13.2 Å². The molecule has 0 amide bonds. The van der Waals surface area contributed by atoms with E-state index < -0.39 is 25.6 Å². The molecule has 0 bridgehead atoms. The summed E-state index contributed by atoms with van der Waals surface area (Å²) in [6.07, 6.45) is -4.25. The van der Waals surface area contributed by atoms with Crippen LogP contribution >= 0.6 is 0 Å². The first kappa shape index (κ1) is 10.4. The molecular weight excluding hydrogens is 244 g/mol. The van der Waals surface area contributed by atoms with Gasteiger partial charge in [0.2, 0.25) is 0 Å².